The van der Waals surface area contributed by atoms with E-state index in [0.29, 0.717) is 0 Å². The number of hydrogen-bond acceptors (Lipinski definition) is 2. The molecule has 0 aliphatic rings. The fourth-order valence-corrected chi connectivity index (χ4v) is 2.26. The number of ketones is 1. The van der Waals surface area contributed by atoms with Crippen molar-refractivity contribution >= 4 is 17.4 Å². The molecule has 0 saturated heterocycles. The molecule has 0 radical (unpaired) electrons. The van der Waals surface area contributed by atoms with Crippen molar-refractivity contribution in [1.82, 2.24) is 0 Å². The van der Waals surface area contributed by atoms with Gasteiger partial charge in [-0.3, -0.25) is 4.79 Å². The molecular weight excluding hydrogens is 305 g/mol. The third kappa shape index (κ3) is 3.03. The van der Waals surface area contributed by atoms with Crippen molar-refractivity contribution in [3.05, 3.63) is 52.5 Å². The fraction of sp³-hybridized carbons (Fsp3) is 0.133. The highest BCUT2D eigenvalue weighted by atomic mass is 35.5. The summed E-state index contributed by atoms with van der Waals surface area (Å²) in [7, 11) is 0. The van der Waals surface area contributed by atoms with Crippen LogP contribution in [0.3, 0.4) is 0 Å². The standard InChI is InChI=1S/C15H10ClF3O2/c1-8(20)10-3-2-4-13(21)14(10)9-5-6-12(16)11(7-9)15(17,18)19/h2-7,21H,1H3. The van der Waals surface area contributed by atoms with Crippen LogP contribution in [-0.2, 0) is 6.18 Å². The second-order valence-corrected chi connectivity index (χ2v) is 4.86. The molecule has 0 aromatic heterocycles. The minimum absolute atomic E-state index is 0.0622. The van der Waals surface area contributed by atoms with Crippen LogP contribution in [0.2, 0.25) is 5.02 Å². The number of hydrogen-bond donors (Lipinski definition) is 1. The Bertz CT molecular complexity index is 709. The van der Waals surface area contributed by atoms with Gasteiger partial charge in [0.2, 0.25) is 0 Å². The second kappa shape index (κ2) is 5.41. The van der Waals surface area contributed by atoms with E-state index in [1.165, 1.54) is 31.2 Å². The molecule has 2 nitrogen and oxygen atoms in total. The smallest absolute Gasteiger partial charge is 0.417 e. The fourth-order valence-electron chi connectivity index (χ4n) is 2.03. The van der Waals surface area contributed by atoms with Gasteiger partial charge in [-0.2, -0.15) is 13.2 Å². The molecule has 0 bridgehead atoms. The van der Waals surface area contributed by atoms with Gasteiger partial charge in [-0.05, 0) is 30.7 Å². The predicted molar refractivity (Wildman–Crippen MR) is 73.6 cm³/mol. The van der Waals surface area contributed by atoms with Crippen LogP contribution in [0.5, 0.6) is 5.75 Å². The van der Waals surface area contributed by atoms with Gasteiger partial charge in [0.15, 0.2) is 5.78 Å². The summed E-state index contributed by atoms with van der Waals surface area (Å²) in [4.78, 5) is 11.6. The predicted octanol–water partition coefficient (Wildman–Crippen LogP) is 4.93. The molecule has 0 aliphatic carbocycles. The second-order valence-electron chi connectivity index (χ2n) is 4.45. The molecule has 6 heteroatoms. The number of phenols is 1. The van der Waals surface area contributed by atoms with Crippen molar-refractivity contribution in [1.29, 1.82) is 0 Å². The van der Waals surface area contributed by atoms with E-state index in [1.807, 2.05) is 0 Å². The minimum atomic E-state index is -4.62. The number of phenolic OH excluding ortho intramolecular Hbond substituents is 1. The molecule has 0 fully saturated rings. The van der Waals surface area contributed by atoms with Crippen LogP contribution >= 0.6 is 11.6 Å². The first-order chi connectivity index (χ1) is 9.71. The first-order valence-corrected chi connectivity index (χ1v) is 6.29. The van der Waals surface area contributed by atoms with Crippen LogP contribution in [0.1, 0.15) is 22.8 Å². The van der Waals surface area contributed by atoms with Gasteiger partial charge in [-0.1, -0.05) is 29.8 Å². The van der Waals surface area contributed by atoms with E-state index < -0.39 is 16.8 Å². The highest BCUT2D eigenvalue weighted by Crippen LogP contribution is 2.40. The van der Waals surface area contributed by atoms with Crippen molar-refractivity contribution < 1.29 is 23.1 Å². The summed E-state index contributed by atoms with van der Waals surface area (Å²) in [6.45, 7) is 1.28. The molecule has 2 rings (SSSR count). The average Bonchev–Trinajstić information content (AvgIpc) is 2.38. The van der Waals surface area contributed by atoms with Gasteiger partial charge < -0.3 is 5.11 Å². The van der Waals surface area contributed by atoms with E-state index >= 15 is 0 Å². The number of rotatable bonds is 2. The molecule has 0 saturated carbocycles. The number of Topliss-reactive ketones (excluding diaryl/α,β-unsaturated/α-hetero) is 1. The summed E-state index contributed by atoms with van der Waals surface area (Å²) < 4.78 is 38.7. The lowest BCUT2D eigenvalue weighted by Gasteiger charge is -2.14. The maximum Gasteiger partial charge on any atom is 0.417 e. The van der Waals surface area contributed by atoms with Crippen LogP contribution in [0, 0.1) is 0 Å². The molecule has 1 N–H and O–H groups in total. The zero-order chi connectivity index (χ0) is 15.8. The first kappa shape index (κ1) is 15.4. The van der Waals surface area contributed by atoms with Crippen molar-refractivity contribution in [2.45, 2.75) is 13.1 Å². The van der Waals surface area contributed by atoms with Gasteiger partial charge in [-0.15, -0.1) is 0 Å². The molecular formula is C15H10ClF3O2. The Labute approximate surface area is 123 Å². The van der Waals surface area contributed by atoms with Crippen LogP contribution in [0.15, 0.2) is 36.4 Å². The van der Waals surface area contributed by atoms with Gasteiger partial charge in [-0.25, -0.2) is 0 Å². The van der Waals surface area contributed by atoms with Crippen LogP contribution < -0.4 is 0 Å². The molecule has 0 unspecified atom stereocenters. The number of halogens is 4. The summed E-state index contributed by atoms with van der Waals surface area (Å²) in [5, 5.41) is 9.45. The number of carbonyl (C=O) groups is 1. The maximum atomic E-state index is 12.9. The maximum absolute atomic E-state index is 12.9. The van der Waals surface area contributed by atoms with Crippen LogP contribution in [-0.4, -0.2) is 10.9 Å². The molecule has 0 amide bonds. The minimum Gasteiger partial charge on any atom is -0.507 e. The largest absolute Gasteiger partial charge is 0.507 e. The zero-order valence-corrected chi connectivity index (χ0v) is 11.6. The lowest BCUT2D eigenvalue weighted by atomic mass is 9.95. The van der Waals surface area contributed by atoms with E-state index in [9.17, 15) is 23.1 Å². The Morgan fingerprint density at radius 3 is 2.43 bits per heavy atom. The van der Waals surface area contributed by atoms with Gasteiger partial charge in [0, 0.05) is 11.1 Å². The normalized spacial score (nSPS) is 11.5. The quantitative estimate of drug-likeness (QED) is 0.798. The van der Waals surface area contributed by atoms with Gasteiger partial charge in [0.05, 0.1) is 10.6 Å². The number of alkyl halides is 3. The topological polar surface area (TPSA) is 37.3 Å². The Balaban J connectivity index is 2.72. The van der Waals surface area contributed by atoms with Crippen LogP contribution in [0.4, 0.5) is 13.2 Å². The Morgan fingerprint density at radius 2 is 1.86 bits per heavy atom. The SMILES string of the molecule is CC(=O)c1cccc(O)c1-c1ccc(Cl)c(C(F)(F)F)c1. The molecule has 0 heterocycles. The van der Waals surface area contributed by atoms with Gasteiger partial charge >= 0.3 is 6.18 Å². The molecule has 0 spiro atoms. The van der Waals surface area contributed by atoms with Gasteiger partial charge in [0.1, 0.15) is 5.75 Å². The van der Waals surface area contributed by atoms with Crippen molar-refractivity contribution in [3.8, 4) is 16.9 Å². The summed E-state index contributed by atoms with van der Waals surface area (Å²) in [6.07, 6.45) is -4.62. The Kier molecular flexibility index (Phi) is 3.96. The van der Waals surface area contributed by atoms with Crippen molar-refractivity contribution in [2.75, 3.05) is 0 Å². The third-order valence-corrected chi connectivity index (χ3v) is 3.31. The van der Waals surface area contributed by atoms with Crippen molar-refractivity contribution in [2.24, 2.45) is 0 Å². The number of benzene rings is 2. The highest BCUT2D eigenvalue weighted by molar-refractivity contribution is 6.31. The van der Waals surface area contributed by atoms with E-state index in [1.54, 1.807) is 0 Å². The van der Waals surface area contributed by atoms with Crippen LogP contribution in [0.25, 0.3) is 11.1 Å². The summed E-state index contributed by atoms with van der Waals surface area (Å²) >= 11 is 5.56. The lowest BCUT2D eigenvalue weighted by molar-refractivity contribution is -0.137. The Morgan fingerprint density at radius 1 is 1.19 bits per heavy atom. The molecule has 2 aromatic rings. The third-order valence-electron chi connectivity index (χ3n) is 2.98. The van der Waals surface area contributed by atoms with E-state index in [-0.39, 0.29) is 28.2 Å². The number of aromatic hydroxyl groups is 1. The molecule has 0 aliphatic heterocycles. The summed E-state index contributed by atoms with van der Waals surface area (Å²) in [5.41, 5.74) is -0.730. The molecule has 110 valence electrons. The van der Waals surface area contributed by atoms with Gasteiger partial charge in [0.25, 0.3) is 0 Å². The monoisotopic (exact) mass is 314 g/mol. The highest BCUT2D eigenvalue weighted by Gasteiger charge is 2.33. The molecule has 21 heavy (non-hydrogen) atoms. The Hall–Kier alpha value is -2.01. The molecule has 0 atom stereocenters. The lowest BCUT2D eigenvalue weighted by Crippen LogP contribution is -2.06. The van der Waals surface area contributed by atoms with Crippen molar-refractivity contribution in [3.63, 3.8) is 0 Å². The zero-order valence-electron chi connectivity index (χ0n) is 10.8. The summed E-state index contributed by atoms with van der Waals surface area (Å²) in [5.74, 6) is -0.623. The number of carbonyl (C=O) groups excluding carboxylic acids is 1. The van der Waals surface area contributed by atoms with E-state index in [4.69, 9.17) is 11.6 Å². The average molecular weight is 315 g/mol. The molecule has 2 aromatic carbocycles. The first-order valence-electron chi connectivity index (χ1n) is 5.92. The van der Waals surface area contributed by atoms with E-state index in [2.05, 4.69) is 0 Å². The summed E-state index contributed by atoms with van der Waals surface area (Å²) in [6, 6.07) is 7.46. The van der Waals surface area contributed by atoms with E-state index in [0.717, 1.165) is 12.1 Å².